The molecule has 38 heavy (non-hydrogen) atoms. The van der Waals surface area contributed by atoms with Crippen LogP contribution in [-0.2, 0) is 18.6 Å². The zero-order valence-electron chi connectivity index (χ0n) is 22.5. The Balaban J connectivity index is 1.51. The molecule has 0 spiro atoms. The summed E-state index contributed by atoms with van der Waals surface area (Å²) in [5.41, 5.74) is 12.8. The first kappa shape index (κ1) is 27.0. The van der Waals surface area contributed by atoms with Crippen LogP contribution in [0.5, 0.6) is 0 Å². The third kappa shape index (κ3) is 4.59. The van der Waals surface area contributed by atoms with Gasteiger partial charge in [-0.25, -0.2) is 0 Å². The predicted octanol–water partition coefficient (Wildman–Crippen LogP) is 3.09. The van der Waals surface area contributed by atoms with Gasteiger partial charge in [-0.1, -0.05) is 81.4 Å². The van der Waals surface area contributed by atoms with Crippen molar-refractivity contribution in [1.29, 1.82) is 0 Å². The molecule has 5 rings (SSSR count). The second kappa shape index (κ2) is 9.85. The highest BCUT2D eigenvalue weighted by molar-refractivity contribution is 7.80. The lowest BCUT2D eigenvalue weighted by Crippen LogP contribution is -2.67. The van der Waals surface area contributed by atoms with Gasteiger partial charge in [0.1, 0.15) is 30.2 Å². The van der Waals surface area contributed by atoms with Crippen LogP contribution >= 0.6 is 12.2 Å². The van der Waals surface area contributed by atoms with Crippen molar-refractivity contribution in [3.05, 3.63) is 72.4 Å². The number of ether oxygens (including phenoxy) is 3. The summed E-state index contributed by atoms with van der Waals surface area (Å²) in [6.07, 6.45) is 0.0134. The molecule has 0 saturated carbocycles. The number of rotatable bonds is 6. The maximum atomic E-state index is 7.17. The Morgan fingerprint density at radius 1 is 1.03 bits per heavy atom. The number of nitrogen functional groups attached to an aromatic ring is 1. The number of nitrogens with two attached hydrogens (primary N) is 2. The Kier molecular flexibility index (Phi) is 7.00. The number of thiocarbonyl (C=S) groups is 1. The van der Waals surface area contributed by atoms with Crippen molar-refractivity contribution in [2.75, 3.05) is 12.3 Å². The van der Waals surface area contributed by atoms with E-state index >= 15 is 0 Å². The summed E-state index contributed by atoms with van der Waals surface area (Å²) in [5, 5.41) is 6.57. The van der Waals surface area contributed by atoms with Gasteiger partial charge < -0.3 is 30.1 Å². The van der Waals surface area contributed by atoms with Crippen molar-refractivity contribution in [3.63, 3.8) is 0 Å². The molecule has 2 saturated heterocycles. The Hall–Kier alpha value is -2.60. The first-order chi connectivity index (χ1) is 17.9. The van der Waals surface area contributed by atoms with Gasteiger partial charge in [0.2, 0.25) is 0 Å². The lowest BCUT2D eigenvalue weighted by Gasteiger charge is -2.43. The van der Waals surface area contributed by atoms with Gasteiger partial charge in [0.15, 0.2) is 10.9 Å². The first-order valence-corrected chi connectivity index (χ1v) is 15.2. The number of hydrogen-bond donors (Lipinski definition) is 2. The molecule has 4 atom stereocenters. The van der Waals surface area contributed by atoms with E-state index in [9.17, 15) is 0 Å². The second-order valence-corrected chi connectivity index (χ2v) is 16.1. The normalized spacial score (nSPS) is 24.9. The maximum absolute atomic E-state index is 7.17. The fourth-order valence-electron chi connectivity index (χ4n) is 5.80. The zero-order valence-corrected chi connectivity index (χ0v) is 24.3. The van der Waals surface area contributed by atoms with E-state index in [0.717, 1.165) is 0 Å². The average molecular weight is 553 g/mol. The smallest absolute Gasteiger partial charge is 0.261 e. The molecule has 2 fully saturated rings. The second-order valence-electron chi connectivity index (χ2n) is 11.4. The summed E-state index contributed by atoms with van der Waals surface area (Å²) in [6, 6.07) is 21.1. The highest BCUT2D eigenvalue weighted by Gasteiger charge is 2.58. The highest BCUT2D eigenvalue weighted by Crippen LogP contribution is 2.47. The number of anilines is 1. The van der Waals surface area contributed by atoms with E-state index in [1.54, 1.807) is 6.20 Å². The minimum Gasteiger partial charge on any atom is -0.405 e. The van der Waals surface area contributed by atoms with E-state index in [2.05, 4.69) is 74.4 Å². The predicted molar refractivity (Wildman–Crippen MR) is 154 cm³/mol. The number of nitrogens with zero attached hydrogens (tertiary/aromatic N) is 2. The van der Waals surface area contributed by atoms with Gasteiger partial charge >= 0.3 is 0 Å². The fraction of sp³-hybridized carbons (Fsp3) is 0.429. The summed E-state index contributed by atoms with van der Waals surface area (Å²) >= 11 is 5.09. The summed E-state index contributed by atoms with van der Waals surface area (Å²) in [7, 11) is -2.77. The SMILES string of the molecule is CC1(C)O[C@@H]2[C@@H](CO[Si](c3ccccc3)(c3ccccc3)C(C)(C)C)OC(c3cnn(C(N)=S)c3N)[C@@H]2O1. The Bertz CT molecular complexity index is 1260. The van der Waals surface area contributed by atoms with Crippen molar-refractivity contribution in [1.82, 2.24) is 9.78 Å². The number of aromatic nitrogens is 2. The highest BCUT2D eigenvalue weighted by atomic mass is 32.1. The van der Waals surface area contributed by atoms with Crippen LogP contribution in [0.4, 0.5) is 5.82 Å². The van der Waals surface area contributed by atoms with Crippen LogP contribution in [0.1, 0.15) is 46.3 Å². The number of fused-ring (bicyclic) bond motifs is 1. The Morgan fingerprint density at radius 2 is 1.58 bits per heavy atom. The van der Waals surface area contributed by atoms with E-state index in [1.807, 2.05) is 26.0 Å². The molecule has 2 aromatic carbocycles. The van der Waals surface area contributed by atoms with Crippen molar-refractivity contribution in [3.8, 4) is 0 Å². The topological polar surface area (TPSA) is 107 Å². The van der Waals surface area contributed by atoms with Gasteiger partial charge in [-0.2, -0.15) is 9.78 Å². The van der Waals surface area contributed by atoms with Crippen LogP contribution < -0.4 is 21.8 Å². The van der Waals surface area contributed by atoms with Gasteiger partial charge in [-0.3, -0.25) is 0 Å². The molecule has 0 bridgehead atoms. The molecule has 0 radical (unpaired) electrons. The summed E-state index contributed by atoms with van der Waals surface area (Å²) in [6.45, 7) is 10.9. The summed E-state index contributed by atoms with van der Waals surface area (Å²) in [5.74, 6) is -0.441. The number of benzene rings is 2. The molecular formula is C28H36N4O4SSi. The Morgan fingerprint density at radius 3 is 2.08 bits per heavy atom. The quantitative estimate of drug-likeness (QED) is 0.355. The third-order valence-corrected chi connectivity index (χ3v) is 12.6. The van der Waals surface area contributed by atoms with E-state index in [0.29, 0.717) is 18.0 Å². The van der Waals surface area contributed by atoms with E-state index in [4.69, 9.17) is 42.3 Å². The molecule has 202 valence electrons. The van der Waals surface area contributed by atoms with Crippen molar-refractivity contribution < 1.29 is 18.6 Å². The minimum atomic E-state index is -2.77. The molecule has 3 aromatic rings. The van der Waals surface area contributed by atoms with Gasteiger partial charge in [0, 0.05) is 5.56 Å². The van der Waals surface area contributed by atoms with Gasteiger partial charge in [-0.05, 0) is 41.5 Å². The molecule has 2 aliphatic rings. The average Bonchev–Trinajstić information content (AvgIpc) is 3.50. The van der Waals surface area contributed by atoms with Crippen LogP contribution in [0, 0.1) is 0 Å². The molecule has 8 nitrogen and oxygen atoms in total. The van der Waals surface area contributed by atoms with Gasteiger partial charge in [0.25, 0.3) is 8.32 Å². The Labute approximate surface area is 230 Å². The van der Waals surface area contributed by atoms with E-state index in [1.165, 1.54) is 15.1 Å². The molecule has 1 unspecified atom stereocenters. The van der Waals surface area contributed by atoms with Crippen molar-refractivity contribution >= 4 is 41.8 Å². The molecule has 0 amide bonds. The van der Waals surface area contributed by atoms with Crippen LogP contribution in [0.25, 0.3) is 0 Å². The summed E-state index contributed by atoms with van der Waals surface area (Å²) in [4.78, 5) is 0. The van der Waals surface area contributed by atoms with E-state index < -0.39 is 20.2 Å². The van der Waals surface area contributed by atoms with Gasteiger partial charge in [-0.15, -0.1) is 0 Å². The van der Waals surface area contributed by atoms with Crippen LogP contribution in [0.15, 0.2) is 66.9 Å². The lowest BCUT2D eigenvalue weighted by atomic mass is 10.0. The fourth-order valence-corrected chi connectivity index (χ4v) is 10.5. The molecule has 3 heterocycles. The maximum Gasteiger partial charge on any atom is 0.261 e. The standard InChI is InChI=1S/C28H36N4O4SSi/c1-27(2,3)38(18-12-8-6-9-13-18,19-14-10-7-11-15-19)33-17-21-23-24(36-28(4,5)35-23)22(34-21)20-16-31-32(25(20)29)26(30)37/h6-16,21-24H,17,29H2,1-5H3,(H2,30,37)/t21-,22?,23-,24+/m1/s1. The first-order valence-electron chi connectivity index (χ1n) is 12.8. The van der Waals surface area contributed by atoms with Crippen LogP contribution in [-0.4, -0.2) is 53.9 Å². The van der Waals surface area contributed by atoms with E-state index in [-0.39, 0.29) is 28.5 Å². The van der Waals surface area contributed by atoms with Crippen LogP contribution in [0.3, 0.4) is 0 Å². The van der Waals surface area contributed by atoms with Crippen molar-refractivity contribution in [2.45, 2.75) is 69.9 Å². The van der Waals surface area contributed by atoms with Gasteiger partial charge in [0.05, 0.1) is 12.8 Å². The molecule has 2 aliphatic heterocycles. The molecule has 1 aromatic heterocycles. The summed E-state index contributed by atoms with van der Waals surface area (Å²) < 4.78 is 27.8. The largest absolute Gasteiger partial charge is 0.405 e. The monoisotopic (exact) mass is 552 g/mol. The zero-order chi connectivity index (χ0) is 27.3. The third-order valence-electron chi connectivity index (χ3n) is 7.38. The lowest BCUT2D eigenvalue weighted by molar-refractivity contribution is -0.190. The molecular weight excluding hydrogens is 516 g/mol. The molecule has 10 heteroatoms. The number of hydrogen-bond acceptors (Lipinski definition) is 7. The minimum absolute atomic E-state index is 0.0683. The van der Waals surface area contributed by atoms with Crippen LogP contribution in [0.2, 0.25) is 5.04 Å². The van der Waals surface area contributed by atoms with Crippen molar-refractivity contribution in [2.24, 2.45) is 5.73 Å². The molecule has 4 N–H and O–H groups in total. The molecule has 0 aliphatic carbocycles.